The van der Waals surface area contributed by atoms with E-state index < -0.39 is 0 Å². The van der Waals surface area contributed by atoms with Gasteiger partial charge in [-0.05, 0) is 43.4 Å². The summed E-state index contributed by atoms with van der Waals surface area (Å²) in [4.78, 5) is 33.7. The lowest BCUT2D eigenvalue weighted by Gasteiger charge is -2.29. The van der Waals surface area contributed by atoms with Gasteiger partial charge in [-0.2, -0.15) is 0 Å². The van der Waals surface area contributed by atoms with Gasteiger partial charge in [0.05, 0.1) is 6.54 Å². The number of hydrogen-bond donors (Lipinski definition) is 2. The Morgan fingerprint density at radius 2 is 1.91 bits per heavy atom. The molecule has 0 aliphatic carbocycles. The summed E-state index contributed by atoms with van der Waals surface area (Å²) in [5.41, 5.74) is 3.82. The largest absolute Gasteiger partial charge is 0.507 e. The summed E-state index contributed by atoms with van der Waals surface area (Å²) in [6.07, 6.45) is 2.37. The average Bonchev–Trinajstić information content (AvgIpc) is 3.05. The number of piperidine rings is 1. The quantitative estimate of drug-likeness (QED) is 0.556. The van der Waals surface area contributed by atoms with Crippen LogP contribution in [0.25, 0.3) is 0 Å². The number of hydrogen-bond acceptors (Lipinski definition) is 5. The molecule has 1 aromatic heterocycles. The highest BCUT2D eigenvalue weighted by Gasteiger charge is 2.29. The van der Waals surface area contributed by atoms with E-state index in [-0.39, 0.29) is 52.2 Å². The summed E-state index contributed by atoms with van der Waals surface area (Å²) in [6, 6.07) is 7.35. The number of likely N-dealkylation sites (tertiary alicyclic amines) is 1. The maximum atomic E-state index is 13.3. The number of pyridine rings is 1. The van der Waals surface area contributed by atoms with Gasteiger partial charge in [0.15, 0.2) is 5.78 Å². The number of amides is 1. The third kappa shape index (κ3) is 5.17. The SMILES string of the molecule is Br.Cc1ccc2c(n1)C(=N)N(CC(=O)c1cc(CN3CCCCC3=O)c(O)c(C(C)(C)C)c1)C2. The molecule has 1 fully saturated rings. The van der Waals surface area contributed by atoms with Crippen LogP contribution in [0.15, 0.2) is 24.3 Å². The monoisotopic (exact) mass is 528 g/mol. The van der Waals surface area contributed by atoms with Crippen LogP contribution in [0.1, 0.15) is 78.5 Å². The van der Waals surface area contributed by atoms with E-state index in [4.69, 9.17) is 5.41 Å². The lowest BCUT2D eigenvalue weighted by Crippen LogP contribution is -2.35. The number of nitrogens with one attached hydrogen (secondary N) is 1. The molecule has 1 aromatic carbocycles. The van der Waals surface area contributed by atoms with Gasteiger partial charge in [0.25, 0.3) is 0 Å². The third-order valence-corrected chi connectivity index (χ3v) is 6.46. The lowest BCUT2D eigenvalue weighted by atomic mass is 9.83. The minimum atomic E-state index is -0.376. The number of amidine groups is 1. The normalized spacial score (nSPS) is 15.9. The summed E-state index contributed by atoms with van der Waals surface area (Å²) < 4.78 is 0. The number of carbonyl (C=O) groups excluding carboxylic acids is 2. The maximum absolute atomic E-state index is 13.3. The van der Waals surface area contributed by atoms with Crippen LogP contribution >= 0.6 is 17.0 Å². The van der Waals surface area contributed by atoms with Gasteiger partial charge in [0.1, 0.15) is 17.3 Å². The molecule has 2 aliphatic heterocycles. The van der Waals surface area contributed by atoms with Gasteiger partial charge in [0.2, 0.25) is 5.91 Å². The van der Waals surface area contributed by atoms with Crippen LogP contribution in [0.3, 0.4) is 0 Å². The maximum Gasteiger partial charge on any atom is 0.222 e. The highest BCUT2D eigenvalue weighted by molar-refractivity contribution is 8.93. The van der Waals surface area contributed by atoms with E-state index in [2.05, 4.69) is 4.98 Å². The molecule has 0 bridgehead atoms. The number of halogens is 1. The Bertz CT molecular complexity index is 1140. The number of fused-ring (bicyclic) bond motifs is 1. The Morgan fingerprint density at radius 1 is 1.18 bits per heavy atom. The van der Waals surface area contributed by atoms with Crippen LogP contribution in [0.2, 0.25) is 0 Å². The van der Waals surface area contributed by atoms with Gasteiger partial charge in [0, 0.05) is 54.0 Å². The molecule has 0 saturated carbocycles. The average molecular weight is 529 g/mol. The summed E-state index contributed by atoms with van der Waals surface area (Å²) in [6.45, 7) is 9.37. The molecule has 1 amide bonds. The molecule has 0 unspecified atom stereocenters. The molecule has 2 N–H and O–H groups in total. The van der Waals surface area contributed by atoms with Crippen LogP contribution in [-0.4, -0.2) is 50.5 Å². The van der Waals surface area contributed by atoms with Gasteiger partial charge in [-0.25, -0.2) is 4.98 Å². The minimum absolute atomic E-state index is 0. The summed E-state index contributed by atoms with van der Waals surface area (Å²) in [7, 11) is 0. The first kappa shape index (κ1) is 25.9. The highest BCUT2D eigenvalue weighted by atomic mass is 79.9. The molecule has 7 nitrogen and oxygen atoms in total. The number of aryl methyl sites for hydroxylation is 1. The van der Waals surface area contributed by atoms with Crippen LogP contribution < -0.4 is 0 Å². The van der Waals surface area contributed by atoms with Crippen molar-refractivity contribution in [3.05, 3.63) is 57.9 Å². The Kier molecular flexibility index (Phi) is 7.50. The first-order valence-electron chi connectivity index (χ1n) is 11.5. The molecule has 34 heavy (non-hydrogen) atoms. The standard InChI is InChI=1S/C26H32N4O3.BrH/c1-16-8-9-17-13-30(25(27)23(17)28-16)15-21(31)18-11-19(14-29-10-6-5-7-22(29)32)24(33)20(12-18)26(2,3)4;/h8-9,11-12,27,33H,5-7,10,13-15H2,1-4H3;1H. The highest BCUT2D eigenvalue weighted by Crippen LogP contribution is 2.36. The Morgan fingerprint density at radius 3 is 2.59 bits per heavy atom. The number of carbonyl (C=O) groups is 2. The number of ketones is 1. The molecule has 3 heterocycles. The van der Waals surface area contributed by atoms with Crippen LogP contribution in [0.4, 0.5) is 0 Å². The number of Topliss-reactive ketones (excluding diaryl/α,β-unsaturated/α-hetero) is 1. The zero-order valence-corrected chi connectivity index (χ0v) is 22.0. The number of benzene rings is 1. The smallest absolute Gasteiger partial charge is 0.222 e. The van der Waals surface area contributed by atoms with Crippen molar-refractivity contribution in [2.75, 3.05) is 13.1 Å². The predicted octanol–water partition coefficient (Wildman–Crippen LogP) is 4.51. The number of phenolic OH excluding ortho intramolecular Hbond substituents is 1. The van der Waals surface area contributed by atoms with E-state index in [0.717, 1.165) is 24.1 Å². The van der Waals surface area contributed by atoms with Crippen LogP contribution in [0.5, 0.6) is 5.75 Å². The summed E-state index contributed by atoms with van der Waals surface area (Å²) in [5, 5.41) is 19.5. The van der Waals surface area contributed by atoms with Crippen molar-refractivity contribution in [3.8, 4) is 5.75 Å². The fraction of sp³-hybridized carbons (Fsp3) is 0.462. The molecule has 182 valence electrons. The van der Waals surface area contributed by atoms with Crippen molar-refractivity contribution in [3.63, 3.8) is 0 Å². The first-order valence-corrected chi connectivity index (χ1v) is 11.5. The fourth-order valence-corrected chi connectivity index (χ4v) is 4.53. The number of nitrogens with zero attached hydrogens (tertiary/aromatic N) is 3. The second-order valence-electron chi connectivity index (χ2n) is 10.1. The third-order valence-electron chi connectivity index (χ3n) is 6.46. The van der Waals surface area contributed by atoms with E-state index in [9.17, 15) is 14.7 Å². The summed E-state index contributed by atoms with van der Waals surface area (Å²) >= 11 is 0. The van der Waals surface area contributed by atoms with Crippen molar-refractivity contribution < 1.29 is 14.7 Å². The van der Waals surface area contributed by atoms with Crippen molar-refractivity contribution in [1.82, 2.24) is 14.8 Å². The van der Waals surface area contributed by atoms with E-state index in [0.29, 0.717) is 48.4 Å². The van der Waals surface area contributed by atoms with Crippen molar-refractivity contribution in [2.45, 2.75) is 65.5 Å². The molecule has 0 spiro atoms. The molecule has 8 heteroatoms. The zero-order valence-electron chi connectivity index (χ0n) is 20.3. The second-order valence-corrected chi connectivity index (χ2v) is 10.1. The van der Waals surface area contributed by atoms with Crippen molar-refractivity contribution in [1.29, 1.82) is 5.41 Å². The van der Waals surface area contributed by atoms with E-state index in [1.807, 2.05) is 39.8 Å². The predicted molar refractivity (Wildman–Crippen MR) is 137 cm³/mol. The second kappa shape index (κ2) is 9.86. The van der Waals surface area contributed by atoms with Gasteiger partial charge < -0.3 is 14.9 Å². The van der Waals surface area contributed by atoms with Crippen LogP contribution in [-0.2, 0) is 23.3 Å². The molecule has 0 radical (unpaired) electrons. The lowest BCUT2D eigenvalue weighted by molar-refractivity contribution is -0.133. The molecule has 4 rings (SSSR count). The summed E-state index contributed by atoms with van der Waals surface area (Å²) in [5.74, 6) is 0.371. The fourth-order valence-electron chi connectivity index (χ4n) is 4.53. The number of aromatic hydroxyl groups is 1. The first-order chi connectivity index (χ1) is 15.5. The molecule has 2 aliphatic rings. The van der Waals surface area contributed by atoms with Crippen molar-refractivity contribution in [2.24, 2.45) is 0 Å². The van der Waals surface area contributed by atoms with E-state index in [1.165, 1.54) is 0 Å². The minimum Gasteiger partial charge on any atom is -0.507 e. The van der Waals surface area contributed by atoms with Gasteiger partial charge in [-0.15, -0.1) is 17.0 Å². The van der Waals surface area contributed by atoms with Gasteiger partial charge >= 0.3 is 0 Å². The molecule has 1 saturated heterocycles. The molecular weight excluding hydrogens is 496 g/mol. The van der Waals surface area contributed by atoms with E-state index >= 15 is 0 Å². The Labute approximate surface area is 211 Å². The topological polar surface area (TPSA) is 97.6 Å². The molecule has 2 aromatic rings. The van der Waals surface area contributed by atoms with Gasteiger partial charge in [-0.3, -0.25) is 15.0 Å². The number of phenols is 1. The Hall–Kier alpha value is -2.74. The molecule has 0 atom stereocenters. The number of rotatable bonds is 5. The Balaban J connectivity index is 0.00000324. The molecular formula is C26H33BrN4O3. The van der Waals surface area contributed by atoms with Crippen LogP contribution in [0, 0.1) is 12.3 Å². The van der Waals surface area contributed by atoms with Gasteiger partial charge in [-0.1, -0.05) is 26.8 Å². The van der Waals surface area contributed by atoms with E-state index in [1.54, 1.807) is 21.9 Å². The van der Waals surface area contributed by atoms with Crippen molar-refractivity contribution >= 4 is 34.5 Å². The zero-order chi connectivity index (χ0) is 23.9. The number of aromatic nitrogens is 1.